The van der Waals surface area contributed by atoms with Crippen molar-refractivity contribution in [3.05, 3.63) is 64.8 Å². The molecule has 0 saturated carbocycles. The van der Waals surface area contributed by atoms with Gasteiger partial charge in [-0.1, -0.05) is 12.1 Å². The van der Waals surface area contributed by atoms with Crippen molar-refractivity contribution < 1.29 is 9.59 Å². The Balaban J connectivity index is 1.95. The molecule has 116 valence electrons. The number of nitrogens with two attached hydrogens (primary N) is 1. The van der Waals surface area contributed by atoms with E-state index >= 15 is 0 Å². The fourth-order valence-electron chi connectivity index (χ4n) is 2.60. The molecule has 1 heterocycles. The smallest absolute Gasteiger partial charge is 0.255 e. The summed E-state index contributed by atoms with van der Waals surface area (Å²) < 4.78 is 0. The first kappa shape index (κ1) is 14.8. The number of aromatic nitrogens is 1. The Morgan fingerprint density at radius 1 is 1.09 bits per heavy atom. The molecule has 0 radical (unpaired) electrons. The van der Waals surface area contributed by atoms with Crippen LogP contribution in [-0.4, -0.2) is 16.8 Å². The zero-order valence-corrected chi connectivity index (χ0v) is 12.9. The molecule has 23 heavy (non-hydrogen) atoms. The topological polar surface area (TPSA) is 88.0 Å². The molecule has 0 aliphatic heterocycles. The molecule has 2 amide bonds. The van der Waals surface area contributed by atoms with Crippen LogP contribution in [0.15, 0.2) is 42.5 Å². The zero-order chi connectivity index (χ0) is 16.6. The van der Waals surface area contributed by atoms with Crippen LogP contribution in [0.1, 0.15) is 32.0 Å². The largest absolute Gasteiger partial charge is 0.366 e. The molecule has 2 aromatic carbocycles. The van der Waals surface area contributed by atoms with E-state index in [9.17, 15) is 9.59 Å². The van der Waals surface area contributed by atoms with Crippen molar-refractivity contribution in [2.24, 2.45) is 5.73 Å². The summed E-state index contributed by atoms with van der Waals surface area (Å²) in [5.74, 6) is -0.854. The van der Waals surface area contributed by atoms with Crippen molar-refractivity contribution in [1.29, 1.82) is 0 Å². The molecule has 0 spiro atoms. The lowest BCUT2D eigenvalue weighted by Gasteiger charge is -2.09. The Bertz CT molecular complexity index is 925. The second-order valence-electron chi connectivity index (χ2n) is 5.50. The molecule has 0 aliphatic carbocycles. The van der Waals surface area contributed by atoms with Gasteiger partial charge in [-0.3, -0.25) is 9.59 Å². The minimum atomic E-state index is -0.576. The molecule has 1 aromatic heterocycles. The van der Waals surface area contributed by atoms with Crippen molar-refractivity contribution in [2.45, 2.75) is 13.8 Å². The number of aromatic amines is 1. The number of fused-ring (bicyclic) bond motifs is 1. The summed E-state index contributed by atoms with van der Waals surface area (Å²) in [7, 11) is 0. The normalized spacial score (nSPS) is 10.7. The third kappa shape index (κ3) is 2.68. The Hall–Kier alpha value is -3.08. The Kier molecular flexibility index (Phi) is 3.62. The zero-order valence-electron chi connectivity index (χ0n) is 12.9. The van der Waals surface area contributed by atoms with E-state index in [2.05, 4.69) is 10.3 Å². The van der Waals surface area contributed by atoms with E-state index in [-0.39, 0.29) is 11.5 Å². The van der Waals surface area contributed by atoms with E-state index in [0.29, 0.717) is 11.3 Å². The van der Waals surface area contributed by atoms with Gasteiger partial charge < -0.3 is 16.0 Å². The lowest BCUT2D eigenvalue weighted by Crippen LogP contribution is -2.18. The van der Waals surface area contributed by atoms with Gasteiger partial charge in [0.1, 0.15) is 0 Å². The molecular weight excluding hydrogens is 290 g/mol. The van der Waals surface area contributed by atoms with E-state index in [4.69, 9.17) is 5.73 Å². The van der Waals surface area contributed by atoms with E-state index in [1.54, 1.807) is 30.3 Å². The number of para-hydroxylation sites is 1. The summed E-state index contributed by atoms with van der Waals surface area (Å²) in [4.78, 5) is 27.2. The number of rotatable bonds is 3. The van der Waals surface area contributed by atoms with Crippen molar-refractivity contribution in [1.82, 2.24) is 4.98 Å². The number of primary amides is 1. The highest BCUT2D eigenvalue weighted by molar-refractivity contribution is 6.10. The molecular formula is C18H17N3O2. The number of anilines is 1. The molecule has 0 fully saturated rings. The van der Waals surface area contributed by atoms with Gasteiger partial charge in [-0.2, -0.15) is 0 Å². The number of carbonyl (C=O) groups excluding carboxylic acids is 2. The first-order chi connectivity index (χ1) is 11.0. The molecule has 0 unspecified atom stereocenters. The van der Waals surface area contributed by atoms with Crippen LogP contribution in [0.5, 0.6) is 0 Å². The molecule has 0 aliphatic rings. The summed E-state index contributed by atoms with van der Waals surface area (Å²) in [6.07, 6.45) is 0. The monoisotopic (exact) mass is 307 g/mol. The van der Waals surface area contributed by atoms with Crippen LogP contribution in [-0.2, 0) is 0 Å². The maximum Gasteiger partial charge on any atom is 0.255 e. The van der Waals surface area contributed by atoms with E-state index in [1.807, 2.05) is 26.0 Å². The Labute approximate surface area is 133 Å². The van der Waals surface area contributed by atoms with E-state index in [1.165, 1.54) is 0 Å². The number of aryl methyl sites for hydroxylation is 2. The molecule has 0 bridgehead atoms. The first-order valence-electron chi connectivity index (χ1n) is 7.26. The van der Waals surface area contributed by atoms with Crippen LogP contribution in [0.3, 0.4) is 0 Å². The average molecular weight is 307 g/mol. The van der Waals surface area contributed by atoms with Crippen LogP contribution < -0.4 is 11.1 Å². The summed E-state index contributed by atoms with van der Waals surface area (Å²) in [5, 5.41) is 3.76. The molecule has 5 heteroatoms. The fraction of sp³-hybridized carbons (Fsp3) is 0.111. The molecule has 3 rings (SSSR count). The number of H-pyrrole nitrogens is 1. The van der Waals surface area contributed by atoms with Gasteiger partial charge in [0.05, 0.1) is 11.3 Å². The van der Waals surface area contributed by atoms with Crippen molar-refractivity contribution >= 4 is 28.4 Å². The predicted molar refractivity (Wildman–Crippen MR) is 90.7 cm³/mol. The highest BCUT2D eigenvalue weighted by Crippen LogP contribution is 2.23. The molecule has 0 saturated heterocycles. The Morgan fingerprint density at radius 3 is 2.57 bits per heavy atom. The summed E-state index contributed by atoms with van der Waals surface area (Å²) in [6, 6.07) is 12.2. The van der Waals surface area contributed by atoms with Crippen LogP contribution in [0.4, 0.5) is 5.69 Å². The van der Waals surface area contributed by atoms with Gasteiger partial charge >= 0.3 is 0 Å². The van der Waals surface area contributed by atoms with Crippen LogP contribution >= 0.6 is 0 Å². The predicted octanol–water partition coefficient (Wildman–Crippen LogP) is 3.14. The Morgan fingerprint density at radius 2 is 1.83 bits per heavy atom. The third-order valence-electron chi connectivity index (χ3n) is 4.01. The van der Waals surface area contributed by atoms with Crippen molar-refractivity contribution in [3.63, 3.8) is 0 Å². The number of hydrogen-bond donors (Lipinski definition) is 3. The molecule has 4 N–H and O–H groups in total. The number of benzene rings is 2. The summed E-state index contributed by atoms with van der Waals surface area (Å²) >= 11 is 0. The lowest BCUT2D eigenvalue weighted by atomic mass is 10.1. The van der Waals surface area contributed by atoms with Crippen molar-refractivity contribution in [2.75, 3.05) is 5.32 Å². The van der Waals surface area contributed by atoms with E-state index in [0.717, 1.165) is 22.2 Å². The molecule has 0 atom stereocenters. The maximum absolute atomic E-state index is 12.5. The van der Waals surface area contributed by atoms with Gasteiger partial charge in [0.15, 0.2) is 0 Å². The summed E-state index contributed by atoms with van der Waals surface area (Å²) in [5.41, 5.74) is 9.75. The average Bonchev–Trinajstić information content (AvgIpc) is 2.82. The third-order valence-corrected chi connectivity index (χ3v) is 4.01. The van der Waals surface area contributed by atoms with Gasteiger partial charge in [0.2, 0.25) is 0 Å². The summed E-state index contributed by atoms with van der Waals surface area (Å²) in [6.45, 7) is 4.01. The maximum atomic E-state index is 12.5. The quantitative estimate of drug-likeness (QED) is 0.694. The van der Waals surface area contributed by atoms with Gasteiger partial charge in [0.25, 0.3) is 11.8 Å². The van der Waals surface area contributed by atoms with Gasteiger partial charge in [0, 0.05) is 22.2 Å². The second kappa shape index (κ2) is 5.61. The number of nitrogens with one attached hydrogen (secondary N) is 2. The standard InChI is InChI=1S/C18H17N3O2/c1-10-11(2)20-16-8-7-12(9-14(10)16)18(23)21-15-6-4-3-5-13(15)17(19)22/h3-9,20H,1-2H3,(H2,19,22)(H,21,23). The van der Waals surface area contributed by atoms with Crippen LogP contribution in [0.25, 0.3) is 10.9 Å². The molecule has 3 aromatic rings. The van der Waals surface area contributed by atoms with E-state index < -0.39 is 5.91 Å². The number of amides is 2. The van der Waals surface area contributed by atoms with Gasteiger partial charge in [-0.25, -0.2) is 0 Å². The van der Waals surface area contributed by atoms with Gasteiger partial charge in [-0.15, -0.1) is 0 Å². The van der Waals surface area contributed by atoms with Gasteiger partial charge in [-0.05, 0) is 49.7 Å². The minimum Gasteiger partial charge on any atom is -0.366 e. The first-order valence-corrected chi connectivity index (χ1v) is 7.26. The number of carbonyl (C=O) groups is 2. The second-order valence-corrected chi connectivity index (χ2v) is 5.50. The molecule has 5 nitrogen and oxygen atoms in total. The minimum absolute atomic E-state index is 0.279. The SMILES string of the molecule is Cc1[nH]c2ccc(C(=O)Nc3ccccc3C(N)=O)cc2c1C. The van der Waals surface area contributed by atoms with Crippen molar-refractivity contribution in [3.8, 4) is 0 Å². The highest BCUT2D eigenvalue weighted by atomic mass is 16.2. The lowest BCUT2D eigenvalue weighted by molar-refractivity contribution is 0.100. The van der Waals surface area contributed by atoms with Crippen LogP contribution in [0, 0.1) is 13.8 Å². The van der Waals surface area contributed by atoms with Crippen LogP contribution in [0.2, 0.25) is 0 Å². The fourth-order valence-corrected chi connectivity index (χ4v) is 2.60. The number of hydrogen-bond acceptors (Lipinski definition) is 2. The highest BCUT2D eigenvalue weighted by Gasteiger charge is 2.13.